The molecule has 0 heterocycles. The number of rotatable bonds is 3. The Labute approximate surface area is 114 Å². The van der Waals surface area contributed by atoms with Crippen LogP contribution in [0.25, 0.3) is 0 Å². The van der Waals surface area contributed by atoms with Gasteiger partial charge in [-0.05, 0) is 42.7 Å². The molecule has 2 fully saturated rings. The summed E-state index contributed by atoms with van der Waals surface area (Å²) in [6.07, 6.45) is 8.55. The fourth-order valence-electron chi connectivity index (χ4n) is 3.42. The van der Waals surface area contributed by atoms with E-state index in [1.807, 2.05) is 0 Å². The lowest BCUT2D eigenvalue weighted by molar-refractivity contribution is -0.123. The molecule has 0 unspecified atom stereocenters. The molecule has 1 aromatic carbocycles. The average molecular weight is 258 g/mol. The lowest BCUT2D eigenvalue weighted by Gasteiger charge is -2.22. The van der Waals surface area contributed by atoms with E-state index in [1.165, 1.54) is 37.7 Å². The highest BCUT2D eigenvalue weighted by molar-refractivity contribution is 5.90. The maximum atomic E-state index is 11.8. The SMILES string of the molecule is NNC(=O)C1(c2ccc(C3CCCCC3)cc2)CC1. The Morgan fingerprint density at radius 3 is 2.26 bits per heavy atom. The van der Waals surface area contributed by atoms with Gasteiger partial charge in [-0.2, -0.15) is 0 Å². The van der Waals surface area contributed by atoms with Crippen molar-refractivity contribution in [3.63, 3.8) is 0 Å². The Morgan fingerprint density at radius 1 is 1.11 bits per heavy atom. The fourth-order valence-corrected chi connectivity index (χ4v) is 3.42. The molecule has 2 aliphatic carbocycles. The van der Waals surface area contributed by atoms with E-state index in [1.54, 1.807) is 0 Å². The highest BCUT2D eigenvalue weighted by Crippen LogP contribution is 2.48. The molecular formula is C16H22N2O. The summed E-state index contributed by atoms with van der Waals surface area (Å²) < 4.78 is 0. The van der Waals surface area contributed by atoms with E-state index >= 15 is 0 Å². The Kier molecular flexibility index (Phi) is 3.31. The third-order valence-corrected chi connectivity index (χ3v) is 4.86. The van der Waals surface area contributed by atoms with Gasteiger partial charge in [0.1, 0.15) is 0 Å². The highest BCUT2D eigenvalue weighted by Gasteiger charge is 2.50. The molecule has 3 rings (SSSR count). The zero-order chi connectivity index (χ0) is 13.3. The van der Waals surface area contributed by atoms with Crippen molar-refractivity contribution in [3.8, 4) is 0 Å². The van der Waals surface area contributed by atoms with Gasteiger partial charge >= 0.3 is 0 Å². The van der Waals surface area contributed by atoms with Crippen LogP contribution in [-0.2, 0) is 10.2 Å². The molecule has 1 aromatic rings. The lowest BCUT2D eigenvalue weighted by atomic mass is 9.83. The first-order valence-electron chi connectivity index (χ1n) is 7.38. The minimum Gasteiger partial charge on any atom is -0.293 e. The smallest absolute Gasteiger partial charge is 0.244 e. The molecule has 3 heteroatoms. The molecule has 0 atom stereocenters. The number of amides is 1. The maximum absolute atomic E-state index is 11.8. The number of carbonyl (C=O) groups excluding carboxylic acids is 1. The van der Waals surface area contributed by atoms with Crippen molar-refractivity contribution >= 4 is 5.91 Å². The van der Waals surface area contributed by atoms with Gasteiger partial charge in [0.25, 0.3) is 0 Å². The number of hydrogen-bond acceptors (Lipinski definition) is 2. The van der Waals surface area contributed by atoms with Gasteiger partial charge in [0.05, 0.1) is 5.41 Å². The summed E-state index contributed by atoms with van der Waals surface area (Å²) in [7, 11) is 0. The van der Waals surface area contributed by atoms with E-state index < -0.39 is 0 Å². The summed E-state index contributed by atoms with van der Waals surface area (Å²) in [5, 5.41) is 0. The van der Waals surface area contributed by atoms with Gasteiger partial charge in [-0.15, -0.1) is 0 Å². The van der Waals surface area contributed by atoms with E-state index in [9.17, 15) is 4.79 Å². The molecular weight excluding hydrogens is 236 g/mol. The Hall–Kier alpha value is -1.35. The highest BCUT2D eigenvalue weighted by atomic mass is 16.2. The third-order valence-electron chi connectivity index (χ3n) is 4.86. The maximum Gasteiger partial charge on any atom is 0.244 e. The largest absolute Gasteiger partial charge is 0.293 e. The van der Waals surface area contributed by atoms with Crippen molar-refractivity contribution in [3.05, 3.63) is 35.4 Å². The van der Waals surface area contributed by atoms with Gasteiger partial charge < -0.3 is 0 Å². The first kappa shape index (κ1) is 12.7. The summed E-state index contributed by atoms with van der Waals surface area (Å²) in [5.41, 5.74) is 4.53. The Morgan fingerprint density at radius 2 is 1.74 bits per heavy atom. The number of hydrazine groups is 1. The minimum atomic E-state index is -0.333. The van der Waals surface area contributed by atoms with Crippen molar-refractivity contribution in [1.29, 1.82) is 0 Å². The second-order valence-corrected chi connectivity index (χ2v) is 6.01. The van der Waals surface area contributed by atoms with E-state index in [-0.39, 0.29) is 11.3 Å². The Bertz CT molecular complexity index is 456. The van der Waals surface area contributed by atoms with Crippen LogP contribution in [0.2, 0.25) is 0 Å². The normalized spacial score (nSPS) is 21.9. The summed E-state index contributed by atoms with van der Waals surface area (Å²) in [6, 6.07) is 8.70. The summed E-state index contributed by atoms with van der Waals surface area (Å²) >= 11 is 0. The molecule has 1 amide bonds. The van der Waals surface area contributed by atoms with Crippen LogP contribution < -0.4 is 11.3 Å². The number of nitrogens with one attached hydrogen (secondary N) is 1. The molecule has 2 saturated carbocycles. The topological polar surface area (TPSA) is 55.1 Å². The van der Waals surface area contributed by atoms with Crippen LogP contribution >= 0.6 is 0 Å². The van der Waals surface area contributed by atoms with Crippen LogP contribution in [0.15, 0.2) is 24.3 Å². The van der Waals surface area contributed by atoms with Crippen LogP contribution in [-0.4, -0.2) is 5.91 Å². The van der Waals surface area contributed by atoms with Crippen molar-refractivity contribution < 1.29 is 4.79 Å². The standard InChI is InChI=1S/C16H22N2O/c17-18-15(19)16(10-11-16)14-8-6-13(7-9-14)12-4-2-1-3-5-12/h6-9,12H,1-5,10-11,17H2,(H,18,19). The van der Waals surface area contributed by atoms with Crippen LogP contribution in [0.1, 0.15) is 62.0 Å². The molecule has 0 spiro atoms. The van der Waals surface area contributed by atoms with Crippen molar-refractivity contribution in [1.82, 2.24) is 5.43 Å². The predicted octanol–water partition coefficient (Wildman–Crippen LogP) is 2.76. The quantitative estimate of drug-likeness (QED) is 0.497. The zero-order valence-electron chi connectivity index (χ0n) is 11.3. The van der Waals surface area contributed by atoms with E-state index in [4.69, 9.17) is 5.84 Å². The molecule has 3 N–H and O–H groups in total. The average Bonchev–Trinajstić information content (AvgIpc) is 3.29. The molecule has 0 radical (unpaired) electrons. The molecule has 3 nitrogen and oxygen atoms in total. The van der Waals surface area contributed by atoms with E-state index in [0.29, 0.717) is 0 Å². The molecule has 2 aliphatic rings. The van der Waals surface area contributed by atoms with Gasteiger partial charge in [-0.1, -0.05) is 43.5 Å². The molecule has 0 saturated heterocycles. The van der Waals surface area contributed by atoms with Crippen molar-refractivity contribution in [2.45, 2.75) is 56.3 Å². The van der Waals surface area contributed by atoms with E-state index in [2.05, 4.69) is 29.7 Å². The molecule has 19 heavy (non-hydrogen) atoms. The van der Waals surface area contributed by atoms with Crippen LogP contribution in [0, 0.1) is 0 Å². The zero-order valence-corrected chi connectivity index (χ0v) is 11.3. The van der Waals surface area contributed by atoms with E-state index in [0.717, 1.165) is 24.3 Å². The second kappa shape index (κ2) is 4.97. The fraction of sp³-hybridized carbons (Fsp3) is 0.562. The van der Waals surface area contributed by atoms with Gasteiger partial charge in [0.15, 0.2) is 0 Å². The number of hydrogen-bond donors (Lipinski definition) is 2. The molecule has 0 aromatic heterocycles. The number of nitrogens with two attached hydrogens (primary N) is 1. The molecule has 0 aliphatic heterocycles. The van der Waals surface area contributed by atoms with Crippen LogP contribution in [0.5, 0.6) is 0 Å². The van der Waals surface area contributed by atoms with Gasteiger partial charge in [-0.3, -0.25) is 10.2 Å². The van der Waals surface area contributed by atoms with Crippen LogP contribution in [0.3, 0.4) is 0 Å². The van der Waals surface area contributed by atoms with Gasteiger partial charge in [0, 0.05) is 0 Å². The molecule has 0 bridgehead atoms. The first-order valence-corrected chi connectivity index (χ1v) is 7.38. The van der Waals surface area contributed by atoms with Gasteiger partial charge in [0.2, 0.25) is 5.91 Å². The predicted molar refractivity (Wildman–Crippen MR) is 75.5 cm³/mol. The minimum absolute atomic E-state index is 0.0436. The third kappa shape index (κ3) is 2.27. The van der Waals surface area contributed by atoms with Gasteiger partial charge in [-0.25, -0.2) is 5.84 Å². The monoisotopic (exact) mass is 258 g/mol. The van der Waals surface area contributed by atoms with Crippen LogP contribution in [0.4, 0.5) is 0 Å². The van der Waals surface area contributed by atoms with Crippen molar-refractivity contribution in [2.75, 3.05) is 0 Å². The summed E-state index contributed by atoms with van der Waals surface area (Å²) in [5.74, 6) is 5.96. The Balaban J connectivity index is 1.77. The summed E-state index contributed by atoms with van der Waals surface area (Å²) in [4.78, 5) is 11.8. The number of benzene rings is 1. The number of carbonyl (C=O) groups is 1. The summed E-state index contributed by atoms with van der Waals surface area (Å²) in [6.45, 7) is 0. The first-order chi connectivity index (χ1) is 9.26. The lowest BCUT2D eigenvalue weighted by Crippen LogP contribution is -2.39. The second-order valence-electron chi connectivity index (χ2n) is 6.01. The van der Waals surface area contributed by atoms with Crippen molar-refractivity contribution in [2.24, 2.45) is 5.84 Å². The molecule has 102 valence electrons.